The summed E-state index contributed by atoms with van der Waals surface area (Å²) in [5, 5.41) is 4.74. The second kappa shape index (κ2) is 6.20. The van der Waals surface area contributed by atoms with Crippen molar-refractivity contribution in [2.24, 2.45) is 0 Å². The molecule has 0 radical (unpaired) electrons. The van der Waals surface area contributed by atoms with Gasteiger partial charge in [0.05, 0.1) is 12.8 Å². The van der Waals surface area contributed by atoms with Gasteiger partial charge in [-0.25, -0.2) is 9.50 Å². The van der Waals surface area contributed by atoms with Gasteiger partial charge in [0.25, 0.3) is 0 Å². The molecule has 1 aliphatic heterocycles. The Hall–Kier alpha value is -2.76. The molecule has 2 fully saturated rings. The van der Waals surface area contributed by atoms with E-state index in [0.717, 1.165) is 43.3 Å². The van der Waals surface area contributed by atoms with Crippen molar-refractivity contribution in [3.63, 3.8) is 0 Å². The van der Waals surface area contributed by atoms with Gasteiger partial charge in [-0.2, -0.15) is 5.10 Å². The van der Waals surface area contributed by atoms with Crippen LogP contribution in [-0.2, 0) is 0 Å². The summed E-state index contributed by atoms with van der Waals surface area (Å²) in [7, 11) is 1.70. The highest BCUT2D eigenvalue weighted by Crippen LogP contribution is 2.40. The summed E-state index contributed by atoms with van der Waals surface area (Å²) in [4.78, 5) is 9.48. The molecule has 2 aliphatic rings. The van der Waals surface area contributed by atoms with Crippen LogP contribution in [0.15, 0.2) is 42.7 Å². The van der Waals surface area contributed by atoms with Crippen molar-refractivity contribution >= 4 is 17.0 Å². The van der Waals surface area contributed by atoms with Crippen LogP contribution in [0.2, 0.25) is 0 Å². The first-order valence-electron chi connectivity index (χ1n) is 9.30. The number of piperazine rings is 1. The minimum atomic E-state index is 0.662. The van der Waals surface area contributed by atoms with E-state index in [0.29, 0.717) is 5.92 Å². The molecule has 26 heavy (non-hydrogen) atoms. The van der Waals surface area contributed by atoms with E-state index in [4.69, 9.17) is 9.84 Å². The predicted molar refractivity (Wildman–Crippen MR) is 102 cm³/mol. The Morgan fingerprint density at radius 3 is 2.42 bits per heavy atom. The first-order chi connectivity index (χ1) is 12.8. The molecule has 134 valence electrons. The van der Waals surface area contributed by atoms with E-state index in [-0.39, 0.29) is 0 Å². The lowest BCUT2D eigenvalue weighted by Gasteiger charge is -2.36. The molecular formula is C20H23N5O. The van der Waals surface area contributed by atoms with Gasteiger partial charge >= 0.3 is 0 Å². The lowest BCUT2D eigenvalue weighted by Crippen LogP contribution is -2.47. The number of fused-ring (bicyclic) bond motifs is 1. The molecule has 5 rings (SSSR count). The maximum Gasteiger partial charge on any atom is 0.154 e. The van der Waals surface area contributed by atoms with Gasteiger partial charge in [0.2, 0.25) is 0 Å². The zero-order chi connectivity index (χ0) is 17.5. The fraction of sp³-hybridized carbons (Fsp3) is 0.400. The van der Waals surface area contributed by atoms with Gasteiger partial charge in [-0.1, -0.05) is 0 Å². The Morgan fingerprint density at radius 2 is 1.73 bits per heavy atom. The number of hydrogen-bond acceptors (Lipinski definition) is 5. The highest BCUT2D eigenvalue weighted by molar-refractivity contribution is 5.70. The quantitative estimate of drug-likeness (QED) is 0.725. The van der Waals surface area contributed by atoms with Crippen molar-refractivity contribution in [1.29, 1.82) is 0 Å². The summed E-state index contributed by atoms with van der Waals surface area (Å²) in [5.41, 5.74) is 3.60. The summed E-state index contributed by atoms with van der Waals surface area (Å²) in [6, 6.07) is 10.5. The molecule has 3 heterocycles. The molecule has 2 aromatic heterocycles. The monoisotopic (exact) mass is 349 g/mol. The molecule has 0 atom stereocenters. The molecule has 0 unspecified atom stereocenters. The van der Waals surface area contributed by atoms with Crippen LogP contribution in [0.4, 0.5) is 11.5 Å². The average Bonchev–Trinajstić information content (AvgIpc) is 3.46. The second-order valence-electron chi connectivity index (χ2n) is 7.10. The van der Waals surface area contributed by atoms with Gasteiger partial charge in [0, 0.05) is 50.2 Å². The second-order valence-corrected chi connectivity index (χ2v) is 7.10. The number of hydrogen-bond donors (Lipinski definition) is 0. The van der Waals surface area contributed by atoms with Gasteiger partial charge in [-0.3, -0.25) is 0 Å². The molecule has 0 bridgehead atoms. The molecule has 6 heteroatoms. The predicted octanol–water partition coefficient (Wildman–Crippen LogP) is 2.94. The van der Waals surface area contributed by atoms with Crippen molar-refractivity contribution < 1.29 is 4.74 Å². The third kappa shape index (κ3) is 2.75. The normalized spacial score (nSPS) is 17.7. The SMILES string of the molecule is COc1ccc(N2CCN(c3nccn4nc(C5CC5)cc34)CC2)cc1. The molecule has 1 saturated heterocycles. The smallest absolute Gasteiger partial charge is 0.154 e. The standard InChI is InChI=1S/C20H23N5O/c1-26-17-6-4-16(5-7-17)23-10-12-24(13-11-23)20-19-14-18(15-2-3-15)22-25(19)9-8-21-20/h4-9,14-15H,2-3,10-13H2,1H3. The van der Waals surface area contributed by atoms with Crippen LogP contribution in [0.1, 0.15) is 24.5 Å². The number of methoxy groups -OCH3 is 1. The molecule has 1 aliphatic carbocycles. The van der Waals surface area contributed by atoms with Crippen LogP contribution in [0, 0.1) is 0 Å². The Morgan fingerprint density at radius 1 is 1.00 bits per heavy atom. The molecule has 0 N–H and O–H groups in total. The summed E-state index contributed by atoms with van der Waals surface area (Å²) in [6.07, 6.45) is 6.36. The number of anilines is 2. The van der Waals surface area contributed by atoms with Crippen LogP contribution in [0.25, 0.3) is 5.52 Å². The Bertz CT molecular complexity index is 908. The molecule has 3 aromatic rings. The lowest BCUT2D eigenvalue weighted by molar-refractivity contribution is 0.415. The molecule has 0 spiro atoms. The van der Waals surface area contributed by atoms with Gasteiger partial charge in [-0.05, 0) is 43.2 Å². The van der Waals surface area contributed by atoms with Gasteiger partial charge in [0.1, 0.15) is 11.3 Å². The van der Waals surface area contributed by atoms with E-state index in [1.165, 1.54) is 24.2 Å². The summed E-state index contributed by atoms with van der Waals surface area (Å²) >= 11 is 0. The van der Waals surface area contributed by atoms with Gasteiger partial charge < -0.3 is 14.5 Å². The molecule has 1 saturated carbocycles. The van der Waals surface area contributed by atoms with E-state index in [1.807, 2.05) is 29.0 Å². The average molecular weight is 349 g/mol. The Labute approximate surface area is 153 Å². The minimum absolute atomic E-state index is 0.662. The van der Waals surface area contributed by atoms with Crippen molar-refractivity contribution in [3.8, 4) is 5.75 Å². The molecular weight excluding hydrogens is 326 g/mol. The number of ether oxygens (including phenoxy) is 1. The fourth-order valence-corrected chi connectivity index (χ4v) is 3.72. The fourth-order valence-electron chi connectivity index (χ4n) is 3.72. The zero-order valence-corrected chi connectivity index (χ0v) is 15.0. The van der Waals surface area contributed by atoms with E-state index in [2.05, 4.69) is 33.0 Å². The lowest BCUT2D eigenvalue weighted by atomic mass is 10.2. The van der Waals surface area contributed by atoms with Crippen LogP contribution in [0.5, 0.6) is 5.75 Å². The van der Waals surface area contributed by atoms with Crippen LogP contribution in [-0.4, -0.2) is 47.9 Å². The van der Waals surface area contributed by atoms with Crippen LogP contribution in [0.3, 0.4) is 0 Å². The van der Waals surface area contributed by atoms with E-state index < -0.39 is 0 Å². The maximum atomic E-state index is 5.25. The topological polar surface area (TPSA) is 45.9 Å². The number of aromatic nitrogens is 3. The molecule has 1 aromatic carbocycles. The van der Waals surface area contributed by atoms with Crippen molar-refractivity contribution in [2.45, 2.75) is 18.8 Å². The first-order valence-corrected chi connectivity index (χ1v) is 9.30. The third-order valence-electron chi connectivity index (χ3n) is 5.40. The van der Waals surface area contributed by atoms with Crippen molar-refractivity contribution in [2.75, 3.05) is 43.1 Å². The largest absolute Gasteiger partial charge is 0.497 e. The number of nitrogens with zero attached hydrogens (tertiary/aromatic N) is 5. The summed E-state index contributed by atoms with van der Waals surface area (Å²) in [6.45, 7) is 3.89. The highest BCUT2D eigenvalue weighted by Gasteiger charge is 2.28. The number of rotatable bonds is 4. The zero-order valence-electron chi connectivity index (χ0n) is 15.0. The van der Waals surface area contributed by atoms with Crippen LogP contribution >= 0.6 is 0 Å². The Balaban J connectivity index is 1.34. The van der Waals surface area contributed by atoms with E-state index in [1.54, 1.807) is 7.11 Å². The van der Waals surface area contributed by atoms with Gasteiger partial charge in [0.15, 0.2) is 5.82 Å². The van der Waals surface area contributed by atoms with Crippen molar-refractivity contribution in [3.05, 3.63) is 48.4 Å². The van der Waals surface area contributed by atoms with Crippen molar-refractivity contribution in [1.82, 2.24) is 14.6 Å². The van der Waals surface area contributed by atoms with Crippen LogP contribution < -0.4 is 14.5 Å². The van der Waals surface area contributed by atoms with E-state index in [9.17, 15) is 0 Å². The highest BCUT2D eigenvalue weighted by atomic mass is 16.5. The third-order valence-corrected chi connectivity index (χ3v) is 5.40. The van der Waals surface area contributed by atoms with E-state index >= 15 is 0 Å². The summed E-state index contributed by atoms with van der Waals surface area (Å²) < 4.78 is 7.24. The van der Waals surface area contributed by atoms with Gasteiger partial charge in [-0.15, -0.1) is 0 Å². The number of benzene rings is 1. The maximum absolute atomic E-state index is 5.25. The summed E-state index contributed by atoms with van der Waals surface area (Å²) in [5.74, 6) is 2.62. The molecule has 0 amide bonds. The minimum Gasteiger partial charge on any atom is -0.497 e. The Kier molecular flexibility index (Phi) is 3.69. The molecule has 6 nitrogen and oxygen atoms in total. The first kappa shape index (κ1) is 15.5.